The maximum absolute atomic E-state index is 4.57. The average Bonchev–Trinajstić information content (AvgIpc) is 2.58. The minimum Gasteiger partial charge on any atom is -0.342 e. The van der Waals surface area contributed by atoms with Gasteiger partial charge in [-0.25, -0.2) is 0 Å². The molecule has 0 aliphatic rings. The van der Waals surface area contributed by atoms with E-state index in [1.807, 2.05) is 18.2 Å². The summed E-state index contributed by atoms with van der Waals surface area (Å²) in [5.74, 6) is 0.519. The van der Waals surface area contributed by atoms with Crippen LogP contribution in [-0.2, 0) is 0 Å². The highest BCUT2D eigenvalue weighted by Crippen LogP contribution is 2.08. The first-order valence-corrected chi connectivity index (χ1v) is 3.14. The molecule has 0 unspecified atom stereocenters. The number of aromatic nitrogens is 3. The Labute approximate surface area is 62.9 Å². The topological polar surface area (TPSA) is 51.8 Å². The molecule has 2 aromatic rings. The van der Waals surface area contributed by atoms with Crippen LogP contribution in [-0.4, -0.2) is 15.1 Å². The predicted octanol–water partition coefficient (Wildman–Crippen LogP) is 1.13. The van der Waals surface area contributed by atoms with Crippen molar-refractivity contribution in [3.05, 3.63) is 30.8 Å². The molecule has 0 fully saturated rings. The monoisotopic (exact) mass is 147 g/mol. The summed E-state index contributed by atoms with van der Waals surface area (Å²) in [6, 6.07) is 5.53. The van der Waals surface area contributed by atoms with Crippen molar-refractivity contribution in [2.24, 2.45) is 0 Å². The Bertz CT molecular complexity index is 317. The fourth-order valence-corrected chi connectivity index (χ4v) is 0.778. The van der Waals surface area contributed by atoms with E-state index in [2.05, 4.69) is 19.6 Å². The summed E-state index contributed by atoms with van der Waals surface area (Å²) in [7, 11) is 0. The Hall–Kier alpha value is -1.71. The molecule has 0 aliphatic heterocycles. The highest BCUT2D eigenvalue weighted by Gasteiger charge is 2.00. The molecule has 0 bridgehead atoms. The van der Waals surface area contributed by atoms with Gasteiger partial charge in [0.15, 0.2) is 0 Å². The summed E-state index contributed by atoms with van der Waals surface area (Å²) in [6.07, 6.45) is 2.97. The van der Waals surface area contributed by atoms with Crippen LogP contribution in [0.1, 0.15) is 0 Å². The SMILES string of the molecule is c1ccc(-c2ncon2)nc1. The van der Waals surface area contributed by atoms with Crippen LogP contribution in [0.4, 0.5) is 0 Å². The lowest BCUT2D eigenvalue weighted by molar-refractivity contribution is 0.418. The minimum atomic E-state index is 0.519. The first-order valence-electron chi connectivity index (χ1n) is 3.14. The van der Waals surface area contributed by atoms with Crippen LogP contribution >= 0.6 is 0 Å². The molecule has 11 heavy (non-hydrogen) atoms. The average molecular weight is 147 g/mol. The molecule has 0 radical (unpaired) electrons. The lowest BCUT2D eigenvalue weighted by Gasteiger charge is -1.88. The van der Waals surface area contributed by atoms with Crippen molar-refractivity contribution in [1.82, 2.24) is 15.1 Å². The van der Waals surface area contributed by atoms with Gasteiger partial charge in [0, 0.05) is 6.20 Å². The molecular weight excluding hydrogens is 142 g/mol. The number of nitrogens with zero attached hydrogens (tertiary/aromatic N) is 3. The Morgan fingerprint density at radius 2 is 2.18 bits per heavy atom. The van der Waals surface area contributed by atoms with Gasteiger partial charge in [-0.15, -0.1) is 0 Å². The van der Waals surface area contributed by atoms with Gasteiger partial charge < -0.3 is 4.52 Å². The van der Waals surface area contributed by atoms with E-state index in [1.54, 1.807) is 6.20 Å². The van der Waals surface area contributed by atoms with E-state index in [0.29, 0.717) is 5.82 Å². The molecule has 0 aromatic carbocycles. The third-order valence-corrected chi connectivity index (χ3v) is 1.26. The molecule has 4 heteroatoms. The van der Waals surface area contributed by atoms with E-state index in [0.717, 1.165) is 5.69 Å². The fraction of sp³-hybridized carbons (Fsp3) is 0. The number of pyridine rings is 1. The molecule has 0 saturated carbocycles. The smallest absolute Gasteiger partial charge is 0.220 e. The van der Waals surface area contributed by atoms with Gasteiger partial charge in [-0.3, -0.25) is 4.98 Å². The van der Waals surface area contributed by atoms with Crippen LogP contribution in [0, 0.1) is 0 Å². The van der Waals surface area contributed by atoms with Crippen molar-refractivity contribution in [3.8, 4) is 11.5 Å². The van der Waals surface area contributed by atoms with Crippen molar-refractivity contribution in [1.29, 1.82) is 0 Å². The number of rotatable bonds is 1. The summed E-state index contributed by atoms with van der Waals surface area (Å²) in [5, 5.41) is 3.64. The zero-order valence-electron chi connectivity index (χ0n) is 5.64. The molecule has 2 rings (SSSR count). The van der Waals surface area contributed by atoms with Gasteiger partial charge in [-0.2, -0.15) is 4.98 Å². The third-order valence-electron chi connectivity index (χ3n) is 1.26. The van der Waals surface area contributed by atoms with Crippen LogP contribution in [0.5, 0.6) is 0 Å². The van der Waals surface area contributed by atoms with E-state index in [1.165, 1.54) is 6.39 Å². The van der Waals surface area contributed by atoms with E-state index < -0.39 is 0 Å². The minimum absolute atomic E-state index is 0.519. The van der Waals surface area contributed by atoms with E-state index in [4.69, 9.17) is 0 Å². The summed E-state index contributed by atoms with van der Waals surface area (Å²) < 4.78 is 4.57. The van der Waals surface area contributed by atoms with Gasteiger partial charge in [0.05, 0.1) is 0 Å². The Kier molecular flexibility index (Phi) is 1.37. The number of hydrogen-bond donors (Lipinski definition) is 0. The van der Waals surface area contributed by atoms with Crippen LogP contribution < -0.4 is 0 Å². The molecule has 2 heterocycles. The first kappa shape index (κ1) is 6.03. The fourth-order valence-electron chi connectivity index (χ4n) is 0.778. The Morgan fingerprint density at radius 1 is 1.18 bits per heavy atom. The maximum atomic E-state index is 4.57. The Balaban J connectivity index is 2.46. The maximum Gasteiger partial charge on any atom is 0.220 e. The van der Waals surface area contributed by atoms with Crippen molar-refractivity contribution >= 4 is 0 Å². The quantitative estimate of drug-likeness (QED) is 0.606. The molecule has 0 atom stereocenters. The number of hydrogen-bond acceptors (Lipinski definition) is 4. The van der Waals surface area contributed by atoms with Gasteiger partial charge in [0.2, 0.25) is 12.2 Å². The zero-order chi connectivity index (χ0) is 7.52. The van der Waals surface area contributed by atoms with Crippen molar-refractivity contribution in [2.45, 2.75) is 0 Å². The summed E-state index contributed by atoms with van der Waals surface area (Å²) in [5.41, 5.74) is 0.723. The van der Waals surface area contributed by atoms with Gasteiger partial charge in [-0.1, -0.05) is 11.2 Å². The summed E-state index contributed by atoms with van der Waals surface area (Å²) in [6.45, 7) is 0. The molecule has 0 spiro atoms. The van der Waals surface area contributed by atoms with Gasteiger partial charge in [0.25, 0.3) is 0 Å². The summed E-state index contributed by atoms with van der Waals surface area (Å²) >= 11 is 0. The predicted molar refractivity (Wildman–Crippen MR) is 37.5 cm³/mol. The van der Waals surface area contributed by atoms with Crippen molar-refractivity contribution in [3.63, 3.8) is 0 Å². The Morgan fingerprint density at radius 3 is 2.82 bits per heavy atom. The highest BCUT2D eigenvalue weighted by molar-refractivity contribution is 5.46. The standard InChI is InChI=1S/C7H5N3O/c1-2-4-8-6(3-1)7-9-5-11-10-7/h1-5H. The second-order valence-corrected chi connectivity index (χ2v) is 1.97. The molecule has 4 nitrogen and oxygen atoms in total. The molecular formula is C7H5N3O. The van der Waals surface area contributed by atoms with E-state index >= 15 is 0 Å². The largest absolute Gasteiger partial charge is 0.342 e. The second-order valence-electron chi connectivity index (χ2n) is 1.97. The van der Waals surface area contributed by atoms with Crippen LogP contribution in [0.25, 0.3) is 11.5 Å². The zero-order valence-corrected chi connectivity index (χ0v) is 5.64. The van der Waals surface area contributed by atoms with Gasteiger partial charge in [0.1, 0.15) is 5.69 Å². The highest BCUT2D eigenvalue weighted by atomic mass is 16.5. The lowest BCUT2D eigenvalue weighted by Crippen LogP contribution is -1.82. The van der Waals surface area contributed by atoms with Gasteiger partial charge >= 0.3 is 0 Å². The van der Waals surface area contributed by atoms with Gasteiger partial charge in [-0.05, 0) is 12.1 Å². The van der Waals surface area contributed by atoms with E-state index in [-0.39, 0.29) is 0 Å². The molecule has 0 amide bonds. The van der Waals surface area contributed by atoms with Crippen LogP contribution in [0.2, 0.25) is 0 Å². The van der Waals surface area contributed by atoms with Crippen LogP contribution in [0.15, 0.2) is 35.3 Å². The molecule has 2 aromatic heterocycles. The third kappa shape index (κ3) is 1.10. The van der Waals surface area contributed by atoms with Crippen molar-refractivity contribution in [2.75, 3.05) is 0 Å². The van der Waals surface area contributed by atoms with Crippen molar-refractivity contribution < 1.29 is 4.52 Å². The summed E-state index contributed by atoms with van der Waals surface area (Å²) in [4.78, 5) is 7.88. The first-order chi connectivity index (χ1) is 5.47. The van der Waals surface area contributed by atoms with Crippen LogP contribution in [0.3, 0.4) is 0 Å². The van der Waals surface area contributed by atoms with E-state index in [9.17, 15) is 0 Å². The molecule has 54 valence electrons. The molecule has 0 N–H and O–H groups in total. The lowest BCUT2D eigenvalue weighted by atomic mass is 10.3. The molecule has 0 saturated heterocycles. The normalized spacial score (nSPS) is 9.82. The molecule has 0 aliphatic carbocycles. The second kappa shape index (κ2) is 2.49.